The molecule has 1 saturated carbocycles. The Morgan fingerprint density at radius 2 is 1.95 bits per heavy atom. The van der Waals surface area contributed by atoms with Gasteiger partial charge >= 0.3 is 0 Å². The molecule has 1 aliphatic rings. The lowest BCUT2D eigenvalue weighted by molar-refractivity contribution is -0.117. The molecule has 1 amide bonds. The molecular weight excluding hydrogens is 300 g/mol. The van der Waals surface area contributed by atoms with Gasteiger partial charge in [-0.15, -0.1) is 0 Å². The fraction of sp³-hybridized carbons (Fsp3) is 0.588. The molecule has 0 bridgehead atoms. The van der Waals surface area contributed by atoms with Crippen LogP contribution < -0.4 is 5.32 Å². The number of aromatic nitrogens is 1. The van der Waals surface area contributed by atoms with Crippen molar-refractivity contribution in [3.8, 4) is 0 Å². The highest BCUT2D eigenvalue weighted by Gasteiger charge is 2.23. The van der Waals surface area contributed by atoms with Crippen LogP contribution in [0, 0.1) is 11.8 Å². The number of ketones is 1. The maximum atomic E-state index is 12.1. The number of rotatable bonds is 6. The number of halogens is 1. The molecule has 1 fully saturated rings. The SMILES string of the molecule is CC(=O)CCC1CCC(CC(=O)Nc2ccnc(Cl)c2)CC1. The number of carbonyl (C=O) groups excluding carboxylic acids is 2. The first-order chi connectivity index (χ1) is 10.5. The molecule has 1 heterocycles. The van der Waals surface area contributed by atoms with Gasteiger partial charge < -0.3 is 10.1 Å². The first-order valence-corrected chi connectivity index (χ1v) is 8.31. The van der Waals surface area contributed by atoms with Crippen LogP contribution in [0.2, 0.25) is 5.15 Å². The number of hydrogen-bond acceptors (Lipinski definition) is 3. The molecule has 2 rings (SSSR count). The molecule has 0 saturated heterocycles. The first-order valence-electron chi connectivity index (χ1n) is 7.93. The molecule has 22 heavy (non-hydrogen) atoms. The lowest BCUT2D eigenvalue weighted by Crippen LogP contribution is -2.21. The summed E-state index contributed by atoms with van der Waals surface area (Å²) in [6.45, 7) is 1.65. The third kappa shape index (κ3) is 5.76. The van der Waals surface area contributed by atoms with E-state index in [1.807, 2.05) is 0 Å². The van der Waals surface area contributed by atoms with Gasteiger partial charge in [0.15, 0.2) is 0 Å². The summed E-state index contributed by atoms with van der Waals surface area (Å²) in [7, 11) is 0. The van der Waals surface area contributed by atoms with E-state index >= 15 is 0 Å². The number of carbonyl (C=O) groups is 2. The Labute approximate surface area is 136 Å². The number of nitrogens with one attached hydrogen (secondary N) is 1. The van der Waals surface area contributed by atoms with E-state index < -0.39 is 0 Å². The number of nitrogens with zero attached hydrogens (tertiary/aromatic N) is 1. The Morgan fingerprint density at radius 3 is 2.59 bits per heavy atom. The molecule has 0 radical (unpaired) electrons. The molecule has 0 aliphatic heterocycles. The summed E-state index contributed by atoms with van der Waals surface area (Å²) in [5, 5.41) is 3.25. The van der Waals surface area contributed by atoms with Crippen LogP contribution in [-0.2, 0) is 9.59 Å². The van der Waals surface area contributed by atoms with Crippen LogP contribution in [0.4, 0.5) is 5.69 Å². The van der Waals surface area contributed by atoms with Crippen LogP contribution in [0.15, 0.2) is 18.3 Å². The van der Waals surface area contributed by atoms with Gasteiger partial charge in [-0.1, -0.05) is 24.4 Å². The standard InChI is InChI=1S/C17H23ClN2O2/c1-12(21)2-3-13-4-6-14(7-5-13)10-17(22)20-15-8-9-19-16(18)11-15/h8-9,11,13-14H,2-7,10H2,1H3,(H,19,20,22). The third-order valence-electron chi connectivity index (χ3n) is 4.36. The zero-order valence-electron chi connectivity index (χ0n) is 13.0. The largest absolute Gasteiger partial charge is 0.326 e. The molecule has 0 aromatic carbocycles. The Bertz CT molecular complexity index is 525. The van der Waals surface area contributed by atoms with E-state index in [2.05, 4.69) is 10.3 Å². The fourth-order valence-corrected chi connectivity index (χ4v) is 3.26. The zero-order chi connectivity index (χ0) is 15.9. The molecule has 5 heteroatoms. The second kappa shape index (κ2) is 8.28. The second-order valence-electron chi connectivity index (χ2n) is 6.25. The van der Waals surface area contributed by atoms with E-state index in [1.54, 1.807) is 25.3 Å². The summed E-state index contributed by atoms with van der Waals surface area (Å²) in [5.41, 5.74) is 0.695. The van der Waals surface area contributed by atoms with Crippen molar-refractivity contribution in [3.63, 3.8) is 0 Å². The third-order valence-corrected chi connectivity index (χ3v) is 4.56. The van der Waals surface area contributed by atoms with Crippen molar-refractivity contribution in [1.29, 1.82) is 0 Å². The Balaban J connectivity index is 1.71. The Morgan fingerprint density at radius 1 is 1.27 bits per heavy atom. The first kappa shape index (κ1) is 16.9. The number of Topliss-reactive ketones (excluding diaryl/α,β-unsaturated/α-hetero) is 1. The van der Waals surface area contributed by atoms with Gasteiger partial charge in [-0.2, -0.15) is 0 Å². The van der Waals surface area contributed by atoms with E-state index in [1.165, 1.54) is 0 Å². The van der Waals surface area contributed by atoms with Crippen molar-refractivity contribution in [1.82, 2.24) is 4.98 Å². The number of pyridine rings is 1. The van der Waals surface area contributed by atoms with Gasteiger partial charge in [-0.3, -0.25) is 4.79 Å². The maximum absolute atomic E-state index is 12.1. The normalized spacial score (nSPS) is 21.4. The van der Waals surface area contributed by atoms with Crippen molar-refractivity contribution < 1.29 is 9.59 Å². The highest BCUT2D eigenvalue weighted by Crippen LogP contribution is 2.33. The molecular formula is C17H23ClN2O2. The van der Waals surface area contributed by atoms with Crippen molar-refractivity contribution in [3.05, 3.63) is 23.5 Å². The predicted molar refractivity (Wildman–Crippen MR) is 87.9 cm³/mol. The van der Waals surface area contributed by atoms with E-state index in [0.29, 0.717) is 35.5 Å². The minimum atomic E-state index is 0.0365. The summed E-state index contributed by atoms with van der Waals surface area (Å²) < 4.78 is 0. The molecule has 0 unspecified atom stereocenters. The zero-order valence-corrected chi connectivity index (χ0v) is 13.7. The average molecular weight is 323 g/mol. The Kier molecular flexibility index (Phi) is 6.37. The minimum absolute atomic E-state index is 0.0365. The van der Waals surface area contributed by atoms with Gasteiger partial charge in [-0.25, -0.2) is 4.98 Å². The minimum Gasteiger partial charge on any atom is -0.326 e. The van der Waals surface area contributed by atoms with E-state index in [4.69, 9.17) is 11.6 Å². The smallest absolute Gasteiger partial charge is 0.224 e. The molecule has 1 aromatic rings. The van der Waals surface area contributed by atoms with Crippen LogP contribution in [0.3, 0.4) is 0 Å². The van der Waals surface area contributed by atoms with Gasteiger partial charge in [0, 0.05) is 24.7 Å². The highest BCUT2D eigenvalue weighted by molar-refractivity contribution is 6.29. The quantitative estimate of drug-likeness (QED) is 0.797. The summed E-state index contributed by atoms with van der Waals surface area (Å²) >= 11 is 5.80. The molecule has 1 N–H and O–H groups in total. The topological polar surface area (TPSA) is 59.1 Å². The fourth-order valence-electron chi connectivity index (χ4n) is 3.09. The highest BCUT2D eigenvalue weighted by atomic mass is 35.5. The summed E-state index contributed by atoms with van der Waals surface area (Å²) in [6, 6.07) is 3.39. The second-order valence-corrected chi connectivity index (χ2v) is 6.63. The van der Waals surface area contributed by atoms with Crippen molar-refractivity contribution in [2.45, 2.75) is 51.9 Å². The number of hydrogen-bond donors (Lipinski definition) is 1. The van der Waals surface area contributed by atoms with Crippen LogP contribution in [0.5, 0.6) is 0 Å². The molecule has 4 nitrogen and oxygen atoms in total. The van der Waals surface area contributed by atoms with Crippen LogP contribution >= 0.6 is 11.6 Å². The van der Waals surface area contributed by atoms with Gasteiger partial charge in [0.05, 0.1) is 0 Å². The number of amides is 1. The van der Waals surface area contributed by atoms with E-state index in [0.717, 1.165) is 32.1 Å². The van der Waals surface area contributed by atoms with E-state index in [9.17, 15) is 9.59 Å². The van der Waals surface area contributed by atoms with Crippen molar-refractivity contribution in [2.75, 3.05) is 5.32 Å². The summed E-state index contributed by atoms with van der Waals surface area (Å²) in [6.07, 6.45) is 8.25. The maximum Gasteiger partial charge on any atom is 0.224 e. The van der Waals surface area contributed by atoms with Crippen LogP contribution in [-0.4, -0.2) is 16.7 Å². The molecule has 120 valence electrons. The summed E-state index contributed by atoms with van der Waals surface area (Å²) in [5.74, 6) is 1.42. The predicted octanol–water partition coefficient (Wildman–Crippen LogP) is 4.24. The van der Waals surface area contributed by atoms with Gasteiger partial charge in [0.2, 0.25) is 5.91 Å². The molecule has 1 aliphatic carbocycles. The van der Waals surface area contributed by atoms with Gasteiger partial charge in [-0.05, 0) is 50.2 Å². The average Bonchev–Trinajstić information content (AvgIpc) is 2.46. The Hall–Kier alpha value is -1.42. The molecule has 0 atom stereocenters. The molecule has 0 spiro atoms. The van der Waals surface area contributed by atoms with Crippen LogP contribution in [0.1, 0.15) is 51.9 Å². The lowest BCUT2D eigenvalue weighted by Gasteiger charge is -2.28. The van der Waals surface area contributed by atoms with Crippen molar-refractivity contribution in [2.24, 2.45) is 11.8 Å². The molecule has 1 aromatic heterocycles. The van der Waals surface area contributed by atoms with Crippen molar-refractivity contribution >= 4 is 29.0 Å². The van der Waals surface area contributed by atoms with E-state index in [-0.39, 0.29) is 11.7 Å². The monoisotopic (exact) mass is 322 g/mol. The van der Waals surface area contributed by atoms with Gasteiger partial charge in [0.25, 0.3) is 0 Å². The number of anilines is 1. The van der Waals surface area contributed by atoms with Crippen LogP contribution in [0.25, 0.3) is 0 Å². The van der Waals surface area contributed by atoms with Gasteiger partial charge in [0.1, 0.15) is 10.9 Å². The lowest BCUT2D eigenvalue weighted by atomic mass is 9.78. The summed E-state index contributed by atoms with van der Waals surface area (Å²) in [4.78, 5) is 27.0.